The number of hydrogen-bond donors (Lipinski definition) is 1. The van der Waals surface area contributed by atoms with Gasteiger partial charge >= 0.3 is 0 Å². The van der Waals surface area contributed by atoms with Gasteiger partial charge in [0.05, 0.1) is 12.6 Å². The number of carbonyl (C=O) groups excluding carboxylic acids is 2. The van der Waals surface area contributed by atoms with Crippen LogP contribution in [0.4, 0.5) is 0 Å². The molecule has 0 bridgehead atoms. The number of amides is 2. The Labute approximate surface area is 123 Å². The van der Waals surface area contributed by atoms with Gasteiger partial charge in [-0.15, -0.1) is 0 Å². The van der Waals surface area contributed by atoms with Gasteiger partial charge in [0.2, 0.25) is 11.8 Å². The Morgan fingerprint density at radius 1 is 1.35 bits per heavy atom. The minimum atomic E-state index is -0.564. The highest BCUT2D eigenvalue weighted by Crippen LogP contribution is 2.13. The summed E-state index contributed by atoms with van der Waals surface area (Å²) in [6.45, 7) is 3.33. The molecule has 1 fully saturated rings. The van der Waals surface area contributed by atoms with Crippen molar-refractivity contribution in [1.82, 2.24) is 9.80 Å². The van der Waals surface area contributed by atoms with Crippen LogP contribution >= 0.6 is 11.6 Å². The maximum atomic E-state index is 12.1. The predicted molar refractivity (Wildman–Crippen MR) is 77.1 cm³/mol. The van der Waals surface area contributed by atoms with Crippen LogP contribution in [0.15, 0.2) is 24.3 Å². The van der Waals surface area contributed by atoms with E-state index in [1.165, 1.54) is 4.90 Å². The molecule has 1 aromatic carbocycles. The highest BCUT2D eigenvalue weighted by molar-refractivity contribution is 6.30. The lowest BCUT2D eigenvalue weighted by molar-refractivity contribution is -0.146. The van der Waals surface area contributed by atoms with Gasteiger partial charge in [-0.1, -0.05) is 23.7 Å². The second kappa shape index (κ2) is 6.24. The first-order valence-corrected chi connectivity index (χ1v) is 6.92. The highest BCUT2D eigenvalue weighted by atomic mass is 35.5. The van der Waals surface area contributed by atoms with Crippen molar-refractivity contribution in [2.24, 2.45) is 5.73 Å². The van der Waals surface area contributed by atoms with Gasteiger partial charge in [0, 0.05) is 24.7 Å². The standard InChI is InChI=1S/C14H18ClN3O2/c1-10(16)14(20)18-7-6-17(13(19)9-18)8-11-2-4-12(15)5-3-11/h2-5,10H,6-9,16H2,1H3/t10-/m1/s1. The number of nitrogens with zero attached hydrogens (tertiary/aromatic N) is 2. The third kappa shape index (κ3) is 3.49. The molecule has 1 aliphatic rings. The molecule has 1 atom stereocenters. The average molecular weight is 296 g/mol. The minimum Gasteiger partial charge on any atom is -0.335 e. The van der Waals surface area contributed by atoms with E-state index in [4.69, 9.17) is 17.3 Å². The highest BCUT2D eigenvalue weighted by Gasteiger charge is 2.28. The Hall–Kier alpha value is -1.59. The van der Waals surface area contributed by atoms with E-state index in [1.54, 1.807) is 24.0 Å². The fourth-order valence-corrected chi connectivity index (χ4v) is 2.29. The van der Waals surface area contributed by atoms with Crippen molar-refractivity contribution in [1.29, 1.82) is 0 Å². The molecule has 1 aromatic rings. The zero-order chi connectivity index (χ0) is 14.7. The Bertz CT molecular complexity index is 502. The summed E-state index contributed by atoms with van der Waals surface area (Å²) < 4.78 is 0. The maximum absolute atomic E-state index is 12.1. The summed E-state index contributed by atoms with van der Waals surface area (Å²) in [6.07, 6.45) is 0. The maximum Gasteiger partial charge on any atom is 0.242 e. The van der Waals surface area contributed by atoms with Crippen LogP contribution in [0.25, 0.3) is 0 Å². The van der Waals surface area contributed by atoms with E-state index in [0.717, 1.165) is 5.56 Å². The summed E-state index contributed by atoms with van der Waals surface area (Å²) in [5.74, 6) is -0.232. The molecule has 20 heavy (non-hydrogen) atoms. The van der Waals surface area contributed by atoms with E-state index in [-0.39, 0.29) is 18.4 Å². The number of piperazine rings is 1. The lowest BCUT2D eigenvalue weighted by Crippen LogP contribution is -2.54. The zero-order valence-electron chi connectivity index (χ0n) is 11.4. The lowest BCUT2D eigenvalue weighted by Gasteiger charge is -2.35. The molecule has 0 aliphatic carbocycles. The zero-order valence-corrected chi connectivity index (χ0v) is 12.1. The summed E-state index contributed by atoms with van der Waals surface area (Å²) in [6, 6.07) is 6.84. The Morgan fingerprint density at radius 3 is 2.55 bits per heavy atom. The van der Waals surface area contributed by atoms with Gasteiger partial charge in [-0.2, -0.15) is 0 Å². The normalized spacial score (nSPS) is 17.2. The third-order valence-corrected chi connectivity index (χ3v) is 3.56. The Balaban J connectivity index is 1.95. The van der Waals surface area contributed by atoms with Crippen LogP contribution in [0.3, 0.4) is 0 Å². The molecule has 0 spiro atoms. The van der Waals surface area contributed by atoms with Crippen molar-refractivity contribution in [3.8, 4) is 0 Å². The first kappa shape index (κ1) is 14.8. The van der Waals surface area contributed by atoms with Crippen molar-refractivity contribution in [3.05, 3.63) is 34.9 Å². The van der Waals surface area contributed by atoms with Gasteiger partial charge in [0.25, 0.3) is 0 Å². The fraction of sp³-hybridized carbons (Fsp3) is 0.429. The average Bonchev–Trinajstić information content (AvgIpc) is 2.42. The number of rotatable bonds is 3. The van der Waals surface area contributed by atoms with Gasteiger partial charge in [-0.3, -0.25) is 9.59 Å². The van der Waals surface area contributed by atoms with Crippen LogP contribution in [0.2, 0.25) is 5.02 Å². The van der Waals surface area contributed by atoms with Crippen molar-refractivity contribution in [2.75, 3.05) is 19.6 Å². The van der Waals surface area contributed by atoms with Gasteiger partial charge in [0.1, 0.15) is 0 Å². The molecule has 0 unspecified atom stereocenters. The number of halogens is 1. The molecule has 1 saturated heterocycles. The fourth-order valence-electron chi connectivity index (χ4n) is 2.16. The van der Waals surface area contributed by atoms with E-state index < -0.39 is 6.04 Å². The van der Waals surface area contributed by atoms with Crippen LogP contribution in [0.5, 0.6) is 0 Å². The number of benzene rings is 1. The minimum absolute atomic E-state index is 0.0554. The van der Waals surface area contributed by atoms with Gasteiger partial charge < -0.3 is 15.5 Å². The van der Waals surface area contributed by atoms with Crippen molar-refractivity contribution in [3.63, 3.8) is 0 Å². The van der Waals surface area contributed by atoms with E-state index in [2.05, 4.69) is 0 Å². The Kier molecular flexibility index (Phi) is 4.62. The number of hydrogen-bond acceptors (Lipinski definition) is 3. The van der Waals surface area contributed by atoms with Gasteiger partial charge in [-0.25, -0.2) is 0 Å². The summed E-state index contributed by atoms with van der Waals surface area (Å²) in [5.41, 5.74) is 6.58. The lowest BCUT2D eigenvalue weighted by atomic mass is 10.2. The molecule has 2 N–H and O–H groups in total. The third-order valence-electron chi connectivity index (χ3n) is 3.31. The molecule has 1 aliphatic heterocycles. The summed E-state index contributed by atoms with van der Waals surface area (Å²) in [7, 11) is 0. The molecule has 2 amide bonds. The number of carbonyl (C=O) groups is 2. The quantitative estimate of drug-likeness (QED) is 0.899. The van der Waals surface area contributed by atoms with Crippen LogP contribution < -0.4 is 5.73 Å². The van der Waals surface area contributed by atoms with E-state index in [0.29, 0.717) is 24.7 Å². The molecule has 2 rings (SSSR count). The molecule has 0 radical (unpaired) electrons. The van der Waals surface area contributed by atoms with Crippen LogP contribution in [-0.4, -0.2) is 47.3 Å². The first-order valence-electron chi connectivity index (χ1n) is 6.54. The van der Waals surface area contributed by atoms with Crippen LogP contribution in [0, 0.1) is 0 Å². The first-order chi connectivity index (χ1) is 9.47. The Morgan fingerprint density at radius 2 is 2.00 bits per heavy atom. The second-order valence-electron chi connectivity index (χ2n) is 4.99. The topological polar surface area (TPSA) is 66.6 Å². The smallest absolute Gasteiger partial charge is 0.242 e. The SMILES string of the molecule is C[C@@H](N)C(=O)N1CCN(Cc2ccc(Cl)cc2)C(=O)C1. The molecule has 0 saturated carbocycles. The van der Waals surface area contributed by atoms with E-state index in [9.17, 15) is 9.59 Å². The molecular weight excluding hydrogens is 278 g/mol. The molecule has 1 heterocycles. The predicted octanol–water partition coefficient (Wildman–Crippen LogP) is 0.858. The van der Waals surface area contributed by atoms with E-state index >= 15 is 0 Å². The van der Waals surface area contributed by atoms with Crippen molar-refractivity contribution < 1.29 is 9.59 Å². The van der Waals surface area contributed by atoms with Crippen LogP contribution in [-0.2, 0) is 16.1 Å². The molecule has 5 nitrogen and oxygen atoms in total. The van der Waals surface area contributed by atoms with Crippen LogP contribution in [0.1, 0.15) is 12.5 Å². The van der Waals surface area contributed by atoms with Gasteiger partial charge in [0.15, 0.2) is 0 Å². The molecular formula is C14H18ClN3O2. The van der Waals surface area contributed by atoms with Gasteiger partial charge in [-0.05, 0) is 24.6 Å². The summed E-state index contributed by atoms with van der Waals surface area (Å²) >= 11 is 5.83. The molecule has 0 aromatic heterocycles. The second-order valence-corrected chi connectivity index (χ2v) is 5.43. The van der Waals surface area contributed by atoms with Crippen molar-refractivity contribution in [2.45, 2.75) is 19.5 Å². The van der Waals surface area contributed by atoms with Crippen molar-refractivity contribution >= 4 is 23.4 Å². The van der Waals surface area contributed by atoms with E-state index in [1.807, 2.05) is 12.1 Å². The monoisotopic (exact) mass is 295 g/mol. The molecule has 108 valence electrons. The summed E-state index contributed by atoms with van der Waals surface area (Å²) in [4.78, 5) is 27.1. The summed E-state index contributed by atoms with van der Waals surface area (Å²) in [5, 5.41) is 0.674. The largest absolute Gasteiger partial charge is 0.335 e. The number of nitrogens with two attached hydrogens (primary N) is 1. The molecule has 6 heteroatoms.